The van der Waals surface area contributed by atoms with Crippen molar-refractivity contribution in [2.75, 3.05) is 0 Å². The van der Waals surface area contributed by atoms with E-state index in [0.717, 1.165) is 0 Å². The zero-order valence-electron chi connectivity index (χ0n) is 14.9. The highest BCUT2D eigenvalue weighted by Crippen LogP contribution is 2.30. The topological polar surface area (TPSA) is 52.1 Å². The van der Waals surface area contributed by atoms with Gasteiger partial charge < -0.3 is 4.74 Å². The summed E-state index contributed by atoms with van der Waals surface area (Å²) in [5.41, 5.74) is 1.07. The van der Waals surface area contributed by atoms with Gasteiger partial charge in [0.05, 0.1) is 10.9 Å². The number of carbonyl (C=O) groups is 1. The summed E-state index contributed by atoms with van der Waals surface area (Å²) in [6.07, 6.45) is -2.84. The number of hydrogen-bond acceptors (Lipinski definition) is 4. The average molecular weight is 394 g/mol. The summed E-state index contributed by atoms with van der Waals surface area (Å²) in [4.78, 5) is 20.1. The van der Waals surface area contributed by atoms with Crippen LogP contribution in [-0.2, 0) is 0 Å². The minimum absolute atomic E-state index is 0.00325. The van der Waals surface area contributed by atoms with E-state index in [1.54, 1.807) is 36.4 Å². The molecule has 0 saturated carbocycles. The molecule has 1 aromatic heterocycles. The van der Waals surface area contributed by atoms with E-state index in [1.807, 2.05) is 0 Å². The maximum absolute atomic E-state index is 13.1. The number of nitrogens with zero attached hydrogens (tertiary/aromatic N) is 2. The van der Waals surface area contributed by atoms with Crippen molar-refractivity contribution in [2.24, 2.45) is 0 Å². The van der Waals surface area contributed by atoms with Crippen LogP contribution in [0.25, 0.3) is 10.9 Å². The number of rotatable bonds is 5. The molecule has 0 N–H and O–H groups in total. The Balaban J connectivity index is 1.62. The number of hydrogen-bond donors (Lipinski definition) is 0. The molecular weight excluding hydrogens is 381 g/mol. The Morgan fingerprint density at radius 1 is 0.828 bits per heavy atom. The number of fused-ring (bicyclic) bond motifs is 1. The Kier molecular flexibility index (Phi) is 4.95. The van der Waals surface area contributed by atoms with E-state index in [2.05, 4.69) is 9.97 Å². The van der Waals surface area contributed by atoms with Crippen LogP contribution in [0, 0.1) is 5.82 Å². The summed E-state index contributed by atoms with van der Waals surface area (Å²) in [7, 11) is 0. The van der Waals surface area contributed by atoms with E-state index in [-0.39, 0.29) is 11.7 Å². The molecule has 0 aliphatic carbocycles. The Hall–Kier alpha value is -3.74. The second-order valence-electron chi connectivity index (χ2n) is 6.17. The largest absolute Gasteiger partial charge is 0.438 e. The predicted molar refractivity (Wildman–Crippen MR) is 101 cm³/mol. The van der Waals surface area contributed by atoms with Crippen molar-refractivity contribution < 1.29 is 22.7 Å². The van der Waals surface area contributed by atoms with Crippen molar-refractivity contribution in [3.05, 3.63) is 95.6 Å². The van der Waals surface area contributed by atoms with Crippen molar-refractivity contribution >= 4 is 16.7 Å². The second-order valence-corrected chi connectivity index (χ2v) is 6.17. The third-order valence-electron chi connectivity index (χ3n) is 4.22. The number of ether oxygens (including phenoxy) is 1. The van der Waals surface area contributed by atoms with E-state index >= 15 is 0 Å². The van der Waals surface area contributed by atoms with Crippen molar-refractivity contribution in [3.8, 4) is 11.6 Å². The van der Waals surface area contributed by atoms with Crippen LogP contribution in [0.1, 0.15) is 28.2 Å². The Morgan fingerprint density at radius 2 is 1.45 bits per heavy atom. The first-order chi connectivity index (χ1) is 14.0. The third kappa shape index (κ3) is 3.94. The lowest BCUT2D eigenvalue weighted by Crippen LogP contribution is -2.02. The first-order valence-electron chi connectivity index (χ1n) is 8.64. The maximum Gasteiger partial charge on any atom is 0.297 e. The lowest BCUT2D eigenvalue weighted by Gasteiger charge is -2.10. The molecule has 0 aliphatic heterocycles. The van der Waals surface area contributed by atoms with Gasteiger partial charge in [0.2, 0.25) is 5.88 Å². The summed E-state index contributed by atoms with van der Waals surface area (Å²) in [6, 6.07) is 18.1. The summed E-state index contributed by atoms with van der Waals surface area (Å²) in [5.74, 6) is -0.996. The molecule has 0 amide bonds. The summed E-state index contributed by atoms with van der Waals surface area (Å²) >= 11 is 0. The van der Waals surface area contributed by atoms with Crippen LogP contribution in [0.5, 0.6) is 11.6 Å². The molecule has 0 bridgehead atoms. The highest BCUT2D eigenvalue weighted by molar-refractivity contribution is 6.09. The monoisotopic (exact) mass is 394 g/mol. The second kappa shape index (κ2) is 7.71. The molecule has 4 aromatic rings. The van der Waals surface area contributed by atoms with Crippen molar-refractivity contribution in [1.82, 2.24) is 9.97 Å². The maximum atomic E-state index is 13.1. The highest BCUT2D eigenvalue weighted by Gasteiger charge is 2.16. The van der Waals surface area contributed by atoms with Crippen LogP contribution < -0.4 is 4.74 Å². The molecule has 29 heavy (non-hydrogen) atoms. The van der Waals surface area contributed by atoms with Crippen LogP contribution in [0.4, 0.5) is 13.2 Å². The van der Waals surface area contributed by atoms with Gasteiger partial charge in [0.25, 0.3) is 6.43 Å². The zero-order chi connectivity index (χ0) is 20.4. The number of halogens is 3. The van der Waals surface area contributed by atoms with Crippen molar-refractivity contribution in [2.45, 2.75) is 6.43 Å². The first-order valence-corrected chi connectivity index (χ1v) is 8.64. The fourth-order valence-electron chi connectivity index (χ4n) is 2.79. The predicted octanol–water partition coefficient (Wildman–Crippen LogP) is 5.73. The average Bonchev–Trinajstić information content (AvgIpc) is 2.74. The molecule has 4 rings (SSSR count). The summed E-state index contributed by atoms with van der Waals surface area (Å²) in [6.45, 7) is 0. The van der Waals surface area contributed by atoms with Gasteiger partial charge in [0.15, 0.2) is 11.6 Å². The molecule has 4 nitrogen and oxygen atoms in total. The van der Waals surface area contributed by atoms with E-state index in [1.165, 1.54) is 36.4 Å². The van der Waals surface area contributed by atoms with Gasteiger partial charge in [0.1, 0.15) is 11.6 Å². The van der Waals surface area contributed by atoms with E-state index in [0.29, 0.717) is 27.8 Å². The third-order valence-corrected chi connectivity index (χ3v) is 4.22. The van der Waals surface area contributed by atoms with Gasteiger partial charge in [-0.05, 0) is 60.7 Å². The molecule has 0 spiro atoms. The minimum atomic E-state index is -2.84. The molecule has 1 heterocycles. The Bertz CT molecular complexity index is 1180. The minimum Gasteiger partial charge on any atom is -0.438 e. The van der Waals surface area contributed by atoms with Crippen molar-refractivity contribution in [3.63, 3.8) is 0 Å². The fourth-order valence-corrected chi connectivity index (χ4v) is 2.79. The molecule has 0 saturated heterocycles. The smallest absolute Gasteiger partial charge is 0.297 e. The first kappa shape index (κ1) is 18.6. The number of benzene rings is 3. The fraction of sp³-hybridized carbons (Fsp3) is 0.0455. The van der Waals surface area contributed by atoms with Gasteiger partial charge >= 0.3 is 0 Å². The zero-order valence-corrected chi connectivity index (χ0v) is 14.9. The van der Waals surface area contributed by atoms with Crippen LogP contribution in [0.3, 0.4) is 0 Å². The standard InChI is InChI=1S/C22H13F3N2O2/c23-15-9-5-13(6-10-15)19(28)14-7-11-16(12-8-14)29-22-17-3-1-2-4-18(17)26-21(27-22)20(24)25/h1-12,20H. The van der Waals surface area contributed by atoms with Gasteiger partial charge in [0, 0.05) is 11.1 Å². The molecule has 7 heteroatoms. The molecule has 0 radical (unpaired) electrons. The normalized spacial score (nSPS) is 11.0. The summed E-state index contributed by atoms with van der Waals surface area (Å²) in [5, 5.41) is 0.489. The van der Waals surface area contributed by atoms with Crippen molar-refractivity contribution in [1.29, 1.82) is 0 Å². The van der Waals surface area contributed by atoms with Crippen LogP contribution in [0.2, 0.25) is 0 Å². The Morgan fingerprint density at radius 3 is 2.10 bits per heavy atom. The van der Waals surface area contributed by atoms with E-state index < -0.39 is 18.1 Å². The number of carbonyl (C=O) groups excluding carboxylic acids is 1. The number of ketones is 1. The van der Waals surface area contributed by atoms with E-state index in [4.69, 9.17) is 4.74 Å². The van der Waals surface area contributed by atoms with Crippen LogP contribution >= 0.6 is 0 Å². The van der Waals surface area contributed by atoms with Gasteiger partial charge in [-0.2, -0.15) is 4.98 Å². The summed E-state index contributed by atoms with van der Waals surface area (Å²) < 4.78 is 44.9. The van der Waals surface area contributed by atoms with Gasteiger partial charge in [-0.15, -0.1) is 0 Å². The molecule has 0 aliphatic rings. The number of para-hydroxylation sites is 1. The molecular formula is C22H13F3N2O2. The molecule has 0 atom stereocenters. The molecule has 3 aromatic carbocycles. The lowest BCUT2D eigenvalue weighted by molar-refractivity contribution is 0.103. The SMILES string of the molecule is O=C(c1ccc(F)cc1)c1ccc(Oc2nc(C(F)F)nc3ccccc23)cc1. The molecule has 0 fully saturated rings. The lowest BCUT2D eigenvalue weighted by atomic mass is 10.0. The van der Waals surface area contributed by atoms with E-state index in [9.17, 15) is 18.0 Å². The van der Waals surface area contributed by atoms with Gasteiger partial charge in [-0.1, -0.05) is 12.1 Å². The Labute approximate surface area is 163 Å². The van der Waals surface area contributed by atoms with Gasteiger partial charge in [-0.25, -0.2) is 18.2 Å². The van der Waals surface area contributed by atoms with Crippen LogP contribution in [0.15, 0.2) is 72.8 Å². The number of aromatic nitrogens is 2. The highest BCUT2D eigenvalue weighted by atomic mass is 19.3. The quantitative estimate of drug-likeness (QED) is 0.406. The molecule has 144 valence electrons. The number of alkyl halides is 2. The molecule has 0 unspecified atom stereocenters. The van der Waals surface area contributed by atoms with Crippen LogP contribution in [-0.4, -0.2) is 15.8 Å². The van der Waals surface area contributed by atoms with Gasteiger partial charge in [-0.3, -0.25) is 4.79 Å².